The minimum Gasteiger partial charge on any atom is -0.305 e. The van der Waals surface area contributed by atoms with Gasteiger partial charge in [-0.05, 0) is 45.9 Å². The SMILES string of the molecule is CCCCCCCCCCCCN(CCCCCCCCCCCC)CCN(C)CCC. The van der Waals surface area contributed by atoms with E-state index in [0.717, 1.165) is 0 Å². The predicted octanol–water partition coefficient (Wildman–Crippen LogP) is 9.47. The van der Waals surface area contributed by atoms with Crippen LogP contribution in [0.1, 0.15) is 156 Å². The number of likely N-dealkylation sites (N-methyl/N-ethyl adjacent to an activating group) is 1. The molecule has 0 aromatic carbocycles. The highest BCUT2D eigenvalue weighted by atomic mass is 15.2. The van der Waals surface area contributed by atoms with Crippen molar-refractivity contribution in [1.82, 2.24) is 9.80 Å². The van der Waals surface area contributed by atoms with Crippen molar-refractivity contribution in [3.63, 3.8) is 0 Å². The summed E-state index contributed by atoms with van der Waals surface area (Å²) in [4.78, 5) is 5.30. The molecule has 0 rings (SSSR count). The van der Waals surface area contributed by atoms with Crippen molar-refractivity contribution in [2.45, 2.75) is 156 Å². The van der Waals surface area contributed by atoms with Gasteiger partial charge in [0.15, 0.2) is 0 Å². The summed E-state index contributed by atoms with van der Waals surface area (Å²) in [6, 6.07) is 0. The van der Waals surface area contributed by atoms with Gasteiger partial charge in [-0.3, -0.25) is 0 Å². The van der Waals surface area contributed by atoms with Gasteiger partial charge >= 0.3 is 0 Å². The second-order valence-corrected chi connectivity index (χ2v) is 10.5. The largest absolute Gasteiger partial charge is 0.305 e. The second-order valence-electron chi connectivity index (χ2n) is 10.5. The highest BCUT2D eigenvalue weighted by molar-refractivity contribution is 4.63. The second kappa shape index (κ2) is 27.2. The first-order valence-corrected chi connectivity index (χ1v) is 15.1. The van der Waals surface area contributed by atoms with E-state index < -0.39 is 0 Å². The minimum atomic E-state index is 1.24. The quantitative estimate of drug-likeness (QED) is 0.114. The predicted molar refractivity (Wildman–Crippen MR) is 148 cm³/mol. The first kappa shape index (κ1) is 31.9. The Morgan fingerprint density at radius 1 is 0.312 bits per heavy atom. The van der Waals surface area contributed by atoms with Crippen molar-refractivity contribution in [3.8, 4) is 0 Å². The third-order valence-electron chi connectivity index (χ3n) is 7.06. The van der Waals surface area contributed by atoms with Crippen molar-refractivity contribution >= 4 is 0 Å². The van der Waals surface area contributed by atoms with Crippen LogP contribution in [0.25, 0.3) is 0 Å². The zero-order chi connectivity index (χ0) is 23.5. The van der Waals surface area contributed by atoms with Crippen LogP contribution in [-0.4, -0.2) is 49.6 Å². The molecule has 2 heteroatoms. The topological polar surface area (TPSA) is 6.48 Å². The van der Waals surface area contributed by atoms with E-state index in [0.29, 0.717) is 0 Å². The summed E-state index contributed by atoms with van der Waals surface area (Å²) < 4.78 is 0. The summed E-state index contributed by atoms with van der Waals surface area (Å²) in [5, 5.41) is 0. The Kier molecular flexibility index (Phi) is 27.1. The van der Waals surface area contributed by atoms with E-state index in [-0.39, 0.29) is 0 Å². The van der Waals surface area contributed by atoms with Crippen molar-refractivity contribution in [2.75, 3.05) is 39.8 Å². The molecule has 0 N–H and O–H groups in total. The van der Waals surface area contributed by atoms with Crippen molar-refractivity contribution in [1.29, 1.82) is 0 Å². The molecule has 0 fully saturated rings. The summed E-state index contributed by atoms with van der Waals surface area (Å²) in [5.74, 6) is 0. The van der Waals surface area contributed by atoms with Crippen LogP contribution in [0, 0.1) is 0 Å². The smallest absolute Gasteiger partial charge is 0.0109 e. The van der Waals surface area contributed by atoms with Crippen molar-refractivity contribution in [3.05, 3.63) is 0 Å². The third-order valence-corrected chi connectivity index (χ3v) is 7.06. The third kappa shape index (κ3) is 24.6. The highest BCUT2D eigenvalue weighted by Gasteiger charge is 2.07. The van der Waals surface area contributed by atoms with E-state index >= 15 is 0 Å². The van der Waals surface area contributed by atoms with Crippen LogP contribution in [0.2, 0.25) is 0 Å². The molecule has 0 bridgehead atoms. The Morgan fingerprint density at radius 2 is 0.656 bits per heavy atom. The molecule has 0 saturated heterocycles. The molecule has 0 radical (unpaired) electrons. The molecular formula is C30H64N2. The zero-order valence-electron chi connectivity index (χ0n) is 23.3. The van der Waals surface area contributed by atoms with Crippen LogP contribution >= 0.6 is 0 Å². The zero-order valence-corrected chi connectivity index (χ0v) is 23.3. The standard InChI is InChI=1S/C30H64N2/c1-5-8-10-12-14-16-18-20-22-24-27-32(30-29-31(4)26-7-3)28-25-23-21-19-17-15-13-11-9-6-2/h5-30H2,1-4H3. The average Bonchev–Trinajstić information content (AvgIpc) is 2.79. The Balaban J connectivity index is 3.81. The van der Waals surface area contributed by atoms with Gasteiger partial charge in [-0.15, -0.1) is 0 Å². The summed E-state index contributed by atoms with van der Waals surface area (Å²) >= 11 is 0. The minimum absolute atomic E-state index is 1.24. The molecular weight excluding hydrogens is 388 g/mol. The lowest BCUT2D eigenvalue weighted by molar-refractivity contribution is 0.217. The van der Waals surface area contributed by atoms with Crippen molar-refractivity contribution in [2.24, 2.45) is 0 Å². The molecule has 0 aliphatic carbocycles. The number of hydrogen-bond donors (Lipinski definition) is 0. The van der Waals surface area contributed by atoms with Gasteiger partial charge in [0, 0.05) is 13.1 Å². The number of unbranched alkanes of at least 4 members (excludes halogenated alkanes) is 18. The summed E-state index contributed by atoms with van der Waals surface area (Å²) in [6.45, 7) is 13.3. The number of rotatable bonds is 27. The molecule has 2 nitrogen and oxygen atoms in total. The van der Waals surface area contributed by atoms with E-state index in [4.69, 9.17) is 0 Å². The first-order chi connectivity index (χ1) is 15.7. The van der Waals surface area contributed by atoms with Crippen LogP contribution in [0.15, 0.2) is 0 Å². The fourth-order valence-electron chi connectivity index (χ4n) is 4.79. The lowest BCUT2D eigenvalue weighted by Gasteiger charge is -2.25. The van der Waals surface area contributed by atoms with Gasteiger partial charge in [-0.1, -0.05) is 136 Å². The van der Waals surface area contributed by atoms with E-state index in [1.165, 1.54) is 168 Å². The Bertz CT molecular complexity index is 307. The fraction of sp³-hybridized carbons (Fsp3) is 1.00. The van der Waals surface area contributed by atoms with Gasteiger partial charge in [0.25, 0.3) is 0 Å². The molecule has 0 aliphatic heterocycles. The average molecular weight is 453 g/mol. The van der Waals surface area contributed by atoms with Gasteiger partial charge in [0.1, 0.15) is 0 Å². The van der Waals surface area contributed by atoms with Crippen LogP contribution in [0.5, 0.6) is 0 Å². The first-order valence-electron chi connectivity index (χ1n) is 15.1. The molecule has 32 heavy (non-hydrogen) atoms. The molecule has 0 heterocycles. The summed E-state index contributed by atoms with van der Waals surface area (Å²) in [7, 11) is 2.29. The van der Waals surface area contributed by atoms with Gasteiger partial charge in [-0.2, -0.15) is 0 Å². The van der Waals surface area contributed by atoms with E-state index in [1.54, 1.807) is 0 Å². The molecule has 0 unspecified atom stereocenters. The Morgan fingerprint density at radius 3 is 1.00 bits per heavy atom. The van der Waals surface area contributed by atoms with Crippen LogP contribution in [0.4, 0.5) is 0 Å². The Labute approximate surface area is 205 Å². The maximum Gasteiger partial charge on any atom is 0.0109 e. The van der Waals surface area contributed by atoms with Crippen LogP contribution in [-0.2, 0) is 0 Å². The van der Waals surface area contributed by atoms with E-state index in [9.17, 15) is 0 Å². The molecule has 194 valence electrons. The maximum absolute atomic E-state index is 2.78. The van der Waals surface area contributed by atoms with Gasteiger partial charge in [0.05, 0.1) is 0 Å². The normalized spacial score (nSPS) is 11.8. The molecule has 0 aliphatic rings. The van der Waals surface area contributed by atoms with E-state index in [2.05, 4.69) is 37.6 Å². The monoisotopic (exact) mass is 453 g/mol. The van der Waals surface area contributed by atoms with Crippen LogP contribution < -0.4 is 0 Å². The highest BCUT2D eigenvalue weighted by Crippen LogP contribution is 2.13. The fourth-order valence-corrected chi connectivity index (χ4v) is 4.79. The Hall–Kier alpha value is -0.0800. The van der Waals surface area contributed by atoms with Crippen molar-refractivity contribution < 1.29 is 0 Å². The molecule has 0 amide bonds. The lowest BCUT2D eigenvalue weighted by Crippen LogP contribution is -2.35. The van der Waals surface area contributed by atoms with Gasteiger partial charge in [0.2, 0.25) is 0 Å². The lowest BCUT2D eigenvalue weighted by atomic mass is 10.1. The molecule has 0 aromatic rings. The van der Waals surface area contributed by atoms with E-state index in [1.807, 2.05) is 0 Å². The maximum atomic E-state index is 2.78. The number of nitrogens with zero attached hydrogens (tertiary/aromatic N) is 2. The summed E-state index contributed by atoms with van der Waals surface area (Å²) in [5.41, 5.74) is 0. The van der Waals surface area contributed by atoms with Crippen LogP contribution in [0.3, 0.4) is 0 Å². The van der Waals surface area contributed by atoms with Gasteiger partial charge in [-0.25, -0.2) is 0 Å². The molecule has 0 spiro atoms. The number of hydrogen-bond acceptors (Lipinski definition) is 2. The molecule has 0 aromatic heterocycles. The molecule has 0 saturated carbocycles. The van der Waals surface area contributed by atoms with Gasteiger partial charge < -0.3 is 9.80 Å². The molecule has 0 atom stereocenters. The summed E-state index contributed by atoms with van der Waals surface area (Å²) in [6.07, 6.45) is 30.1.